The molecule has 6 nitrogen and oxygen atoms in total. The molecule has 0 aromatic heterocycles. The first kappa shape index (κ1) is 15.8. The normalized spacial score (nSPS) is 12.7. The summed E-state index contributed by atoms with van der Waals surface area (Å²) in [6.07, 6.45) is -0.604. The van der Waals surface area contributed by atoms with Gasteiger partial charge in [0.25, 0.3) is 5.69 Å². The number of hydrogen-bond donors (Lipinski definition) is 1. The second kappa shape index (κ2) is 7.40. The van der Waals surface area contributed by atoms with Crippen LogP contribution in [0.15, 0.2) is 18.2 Å². The lowest BCUT2D eigenvalue weighted by Crippen LogP contribution is -2.31. The Morgan fingerprint density at radius 3 is 2.84 bits per heavy atom. The SMILES string of the molecule is COCC(O)CN(C)Cc1cc([N+](=O)[O-])ccc1Cl. The molecule has 19 heavy (non-hydrogen) atoms. The first-order chi connectivity index (χ1) is 8.93. The number of nitro benzene ring substituents is 1. The van der Waals surface area contributed by atoms with Crippen molar-refractivity contribution < 1.29 is 14.8 Å². The number of nitro groups is 1. The molecule has 0 fully saturated rings. The minimum atomic E-state index is -0.604. The van der Waals surface area contributed by atoms with Gasteiger partial charge in [0.2, 0.25) is 0 Å². The molecule has 0 saturated heterocycles. The predicted molar refractivity (Wildman–Crippen MR) is 72.3 cm³/mol. The smallest absolute Gasteiger partial charge is 0.269 e. The molecular formula is C12H17ClN2O4. The Morgan fingerprint density at radius 1 is 1.58 bits per heavy atom. The van der Waals surface area contributed by atoms with Crippen molar-refractivity contribution in [3.63, 3.8) is 0 Å². The van der Waals surface area contributed by atoms with Crippen LogP contribution in [-0.4, -0.2) is 48.3 Å². The van der Waals surface area contributed by atoms with E-state index < -0.39 is 11.0 Å². The van der Waals surface area contributed by atoms with Gasteiger partial charge in [-0.05, 0) is 18.7 Å². The first-order valence-electron chi connectivity index (χ1n) is 5.72. The summed E-state index contributed by atoms with van der Waals surface area (Å²) in [5, 5.41) is 20.8. The molecule has 1 rings (SSSR count). The quantitative estimate of drug-likeness (QED) is 0.610. The zero-order valence-corrected chi connectivity index (χ0v) is 11.6. The van der Waals surface area contributed by atoms with Gasteiger partial charge in [0.15, 0.2) is 0 Å². The highest BCUT2D eigenvalue weighted by Gasteiger charge is 2.13. The highest BCUT2D eigenvalue weighted by atomic mass is 35.5. The largest absolute Gasteiger partial charge is 0.389 e. The van der Waals surface area contributed by atoms with Gasteiger partial charge in [-0.3, -0.25) is 15.0 Å². The maximum atomic E-state index is 10.7. The first-order valence-corrected chi connectivity index (χ1v) is 6.10. The third kappa shape index (κ3) is 5.12. The summed E-state index contributed by atoms with van der Waals surface area (Å²) < 4.78 is 4.84. The molecule has 0 radical (unpaired) electrons. The van der Waals surface area contributed by atoms with Crippen LogP contribution < -0.4 is 0 Å². The molecule has 0 saturated carbocycles. The van der Waals surface area contributed by atoms with E-state index in [9.17, 15) is 15.2 Å². The molecule has 1 N–H and O–H groups in total. The van der Waals surface area contributed by atoms with Crippen LogP contribution in [0, 0.1) is 10.1 Å². The molecule has 0 aliphatic rings. The van der Waals surface area contributed by atoms with Crippen molar-refractivity contribution in [1.82, 2.24) is 4.90 Å². The molecule has 1 atom stereocenters. The van der Waals surface area contributed by atoms with Crippen molar-refractivity contribution in [2.45, 2.75) is 12.6 Å². The number of rotatable bonds is 7. The molecule has 0 amide bonds. The molecule has 0 heterocycles. The number of hydrogen-bond acceptors (Lipinski definition) is 5. The van der Waals surface area contributed by atoms with E-state index in [0.29, 0.717) is 23.7 Å². The predicted octanol–water partition coefficient (Wildman–Crippen LogP) is 1.69. The standard InChI is InChI=1S/C12H17ClN2O4/c1-14(7-11(16)8-19-2)6-9-5-10(15(17)18)3-4-12(9)13/h3-5,11,16H,6-8H2,1-2H3. The van der Waals surface area contributed by atoms with E-state index in [0.717, 1.165) is 0 Å². The number of benzene rings is 1. The molecule has 7 heteroatoms. The van der Waals surface area contributed by atoms with E-state index >= 15 is 0 Å². The van der Waals surface area contributed by atoms with Crippen molar-refractivity contribution in [3.8, 4) is 0 Å². The third-order valence-electron chi connectivity index (χ3n) is 2.56. The Hall–Kier alpha value is -1.21. The van der Waals surface area contributed by atoms with Gasteiger partial charge < -0.3 is 9.84 Å². The molecule has 0 spiro atoms. The number of aliphatic hydroxyl groups is 1. The van der Waals surface area contributed by atoms with Crippen molar-refractivity contribution in [3.05, 3.63) is 38.9 Å². The lowest BCUT2D eigenvalue weighted by molar-refractivity contribution is -0.384. The van der Waals surface area contributed by atoms with Gasteiger partial charge in [-0.25, -0.2) is 0 Å². The number of ether oxygens (including phenoxy) is 1. The third-order valence-corrected chi connectivity index (χ3v) is 2.93. The zero-order chi connectivity index (χ0) is 14.4. The molecule has 0 aliphatic heterocycles. The van der Waals surface area contributed by atoms with Crippen LogP contribution in [0.25, 0.3) is 0 Å². The van der Waals surface area contributed by atoms with Crippen molar-refractivity contribution in [1.29, 1.82) is 0 Å². The Bertz CT molecular complexity index is 442. The average molecular weight is 289 g/mol. The van der Waals surface area contributed by atoms with Crippen LogP contribution in [0.1, 0.15) is 5.56 Å². The second-order valence-electron chi connectivity index (χ2n) is 4.34. The Labute approximate surface area is 116 Å². The van der Waals surface area contributed by atoms with Gasteiger partial charge in [-0.15, -0.1) is 0 Å². The van der Waals surface area contributed by atoms with E-state index in [1.807, 2.05) is 4.90 Å². The molecule has 1 aromatic rings. The van der Waals surface area contributed by atoms with Crippen molar-refractivity contribution in [2.75, 3.05) is 27.3 Å². The Morgan fingerprint density at radius 2 is 2.26 bits per heavy atom. The maximum Gasteiger partial charge on any atom is 0.269 e. The van der Waals surface area contributed by atoms with E-state index in [1.165, 1.54) is 25.3 Å². The van der Waals surface area contributed by atoms with Crippen molar-refractivity contribution in [2.24, 2.45) is 0 Å². The monoisotopic (exact) mass is 288 g/mol. The summed E-state index contributed by atoms with van der Waals surface area (Å²) in [4.78, 5) is 12.1. The Balaban J connectivity index is 2.70. The number of likely N-dealkylation sites (N-methyl/N-ethyl adjacent to an activating group) is 1. The van der Waals surface area contributed by atoms with Crippen LogP contribution in [0.2, 0.25) is 5.02 Å². The minimum absolute atomic E-state index is 0.00485. The van der Waals surface area contributed by atoms with Gasteiger partial charge in [0.1, 0.15) is 0 Å². The van der Waals surface area contributed by atoms with Crippen LogP contribution in [-0.2, 0) is 11.3 Å². The van der Waals surface area contributed by atoms with Crippen molar-refractivity contribution >= 4 is 17.3 Å². The Kier molecular flexibility index (Phi) is 6.17. The van der Waals surface area contributed by atoms with E-state index in [1.54, 1.807) is 7.05 Å². The average Bonchev–Trinajstić information content (AvgIpc) is 2.31. The highest BCUT2D eigenvalue weighted by molar-refractivity contribution is 6.31. The van der Waals surface area contributed by atoms with E-state index in [4.69, 9.17) is 16.3 Å². The number of nitrogens with zero attached hydrogens (tertiary/aromatic N) is 2. The number of non-ortho nitro benzene ring substituents is 1. The highest BCUT2D eigenvalue weighted by Crippen LogP contribution is 2.23. The molecule has 1 unspecified atom stereocenters. The van der Waals surface area contributed by atoms with Crippen LogP contribution in [0.5, 0.6) is 0 Å². The van der Waals surface area contributed by atoms with Gasteiger partial charge in [-0.1, -0.05) is 11.6 Å². The van der Waals surface area contributed by atoms with Gasteiger partial charge >= 0.3 is 0 Å². The fourth-order valence-corrected chi connectivity index (χ4v) is 1.93. The number of aliphatic hydroxyl groups excluding tert-OH is 1. The van der Waals surface area contributed by atoms with Gasteiger partial charge in [-0.2, -0.15) is 0 Å². The minimum Gasteiger partial charge on any atom is -0.389 e. The topological polar surface area (TPSA) is 75.8 Å². The van der Waals surface area contributed by atoms with Crippen LogP contribution in [0.3, 0.4) is 0 Å². The molecular weight excluding hydrogens is 272 g/mol. The number of methoxy groups -OCH3 is 1. The second-order valence-corrected chi connectivity index (χ2v) is 4.75. The fourth-order valence-electron chi connectivity index (χ4n) is 1.76. The lowest BCUT2D eigenvalue weighted by Gasteiger charge is -2.20. The van der Waals surface area contributed by atoms with E-state index in [-0.39, 0.29) is 12.3 Å². The van der Waals surface area contributed by atoms with Crippen LogP contribution in [0.4, 0.5) is 5.69 Å². The summed E-state index contributed by atoms with van der Waals surface area (Å²) in [6.45, 7) is 1.06. The summed E-state index contributed by atoms with van der Waals surface area (Å²) in [7, 11) is 3.31. The summed E-state index contributed by atoms with van der Waals surface area (Å²) in [6, 6.07) is 4.32. The summed E-state index contributed by atoms with van der Waals surface area (Å²) in [5.41, 5.74) is 0.660. The summed E-state index contributed by atoms with van der Waals surface area (Å²) >= 11 is 6.01. The number of halogens is 1. The molecule has 106 valence electrons. The fraction of sp³-hybridized carbons (Fsp3) is 0.500. The lowest BCUT2D eigenvalue weighted by atomic mass is 10.2. The van der Waals surface area contributed by atoms with Gasteiger partial charge in [0, 0.05) is 37.4 Å². The zero-order valence-electron chi connectivity index (χ0n) is 10.9. The molecule has 1 aromatic carbocycles. The maximum absolute atomic E-state index is 10.7. The van der Waals surface area contributed by atoms with Crippen LogP contribution >= 0.6 is 11.6 Å². The summed E-state index contributed by atoms with van der Waals surface area (Å²) in [5.74, 6) is 0. The molecule has 0 bridgehead atoms. The van der Waals surface area contributed by atoms with Gasteiger partial charge in [0.05, 0.1) is 17.6 Å². The molecule has 0 aliphatic carbocycles. The van der Waals surface area contributed by atoms with E-state index in [2.05, 4.69) is 0 Å².